The van der Waals surface area contributed by atoms with Crippen LogP contribution in [0.25, 0.3) is 0 Å². The molecule has 9 heteroatoms. The Kier molecular flexibility index (Phi) is 5.47. The highest BCUT2D eigenvalue weighted by Crippen LogP contribution is 2.31. The van der Waals surface area contributed by atoms with Crippen LogP contribution in [0, 0.1) is 0 Å². The summed E-state index contributed by atoms with van der Waals surface area (Å²) < 4.78 is 23.3. The molecule has 0 bridgehead atoms. The van der Waals surface area contributed by atoms with Crippen LogP contribution in [0.4, 0.5) is 4.79 Å². The molecule has 28 heavy (non-hydrogen) atoms. The smallest absolute Gasteiger partial charge is 0.325 e. The molecule has 2 heterocycles. The first-order chi connectivity index (χ1) is 13.2. The second kappa shape index (κ2) is 7.54. The van der Waals surface area contributed by atoms with Crippen molar-refractivity contribution in [2.24, 2.45) is 0 Å². The van der Waals surface area contributed by atoms with E-state index in [1.54, 1.807) is 24.3 Å². The number of nitrogens with one attached hydrogen (secondary N) is 2. The maximum absolute atomic E-state index is 12.8. The molecule has 4 amide bonds. The van der Waals surface area contributed by atoms with Crippen molar-refractivity contribution < 1.29 is 22.8 Å². The number of carbonyl (C=O) groups is 3. The number of sulfone groups is 1. The Balaban J connectivity index is 1.68. The lowest BCUT2D eigenvalue weighted by Gasteiger charge is -2.30. The molecule has 0 aromatic heterocycles. The summed E-state index contributed by atoms with van der Waals surface area (Å²) in [4.78, 5) is 38.4. The van der Waals surface area contributed by atoms with Gasteiger partial charge < -0.3 is 10.6 Å². The quantitative estimate of drug-likeness (QED) is 0.713. The molecule has 2 aliphatic heterocycles. The van der Waals surface area contributed by atoms with Crippen LogP contribution in [0.5, 0.6) is 0 Å². The van der Waals surface area contributed by atoms with E-state index in [0.717, 1.165) is 11.3 Å². The number of imide groups is 1. The number of rotatable bonds is 5. The van der Waals surface area contributed by atoms with Gasteiger partial charge in [-0.05, 0) is 43.9 Å². The number of amides is 4. The number of carbonyl (C=O) groups excluding carboxylic acids is 3. The summed E-state index contributed by atoms with van der Waals surface area (Å²) in [5.41, 5.74) is 0.109. The van der Waals surface area contributed by atoms with Crippen LogP contribution >= 0.6 is 0 Å². The summed E-state index contributed by atoms with van der Waals surface area (Å²) in [5, 5.41) is 5.57. The molecule has 1 spiro atoms. The van der Waals surface area contributed by atoms with E-state index >= 15 is 0 Å². The molecule has 2 N–H and O–H groups in total. The average molecular weight is 407 g/mol. The topological polar surface area (TPSA) is 113 Å². The van der Waals surface area contributed by atoms with Crippen LogP contribution in [-0.4, -0.2) is 54.2 Å². The van der Waals surface area contributed by atoms with Gasteiger partial charge in [0.25, 0.3) is 11.8 Å². The molecule has 0 aliphatic carbocycles. The highest BCUT2D eigenvalue weighted by molar-refractivity contribution is 7.91. The molecular weight excluding hydrogens is 382 g/mol. The van der Waals surface area contributed by atoms with Crippen molar-refractivity contribution in [2.75, 3.05) is 11.5 Å². The molecule has 152 valence electrons. The zero-order chi connectivity index (χ0) is 20.5. The molecule has 2 saturated heterocycles. The van der Waals surface area contributed by atoms with Gasteiger partial charge in [0.1, 0.15) is 5.54 Å². The second-order valence-corrected chi connectivity index (χ2v) is 9.84. The summed E-state index contributed by atoms with van der Waals surface area (Å²) >= 11 is 0. The molecule has 8 nitrogen and oxygen atoms in total. The predicted molar refractivity (Wildman–Crippen MR) is 103 cm³/mol. The molecule has 3 rings (SSSR count). The molecule has 2 fully saturated rings. The van der Waals surface area contributed by atoms with Crippen molar-refractivity contribution in [1.82, 2.24) is 15.5 Å². The summed E-state index contributed by atoms with van der Waals surface area (Å²) in [7, 11) is -3.15. The first-order valence-electron chi connectivity index (χ1n) is 9.40. The van der Waals surface area contributed by atoms with Gasteiger partial charge in [-0.25, -0.2) is 13.2 Å². The van der Waals surface area contributed by atoms with E-state index in [-0.39, 0.29) is 48.7 Å². The molecular formula is C19H25N3O5S. The monoisotopic (exact) mass is 407 g/mol. The molecule has 0 saturated carbocycles. The van der Waals surface area contributed by atoms with Crippen molar-refractivity contribution >= 4 is 27.7 Å². The Bertz CT molecular complexity index is 881. The van der Waals surface area contributed by atoms with E-state index in [1.165, 1.54) is 0 Å². The van der Waals surface area contributed by atoms with Gasteiger partial charge in [0.05, 0.1) is 18.1 Å². The fourth-order valence-corrected chi connectivity index (χ4v) is 4.92. The minimum absolute atomic E-state index is 0.0758. The SMILES string of the molecule is CC[C@@H](C)NC(=O)c1ccc(CN2C(=O)NC3(CCS(=O)(=O)CC3)C2=O)cc1. The molecule has 2 aliphatic rings. The van der Waals surface area contributed by atoms with Crippen molar-refractivity contribution in [3.63, 3.8) is 0 Å². The highest BCUT2D eigenvalue weighted by atomic mass is 32.2. The standard InChI is InChI=1S/C19H25N3O5S/c1-3-13(2)20-16(23)15-6-4-14(5-7-15)12-22-17(24)19(21-18(22)25)8-10-28(26,27)11-9-19/h4-7,13H,3,8-12H2,1-2H3,(H,20,23)(H,21,25)/t13-/m1/s1. The maximum atomic E-state index is 12.8. The van der Waals surface area contributed by atoms with Crippen LogP contribution in [0.15, 0.2) is 24.3 Å². The molecule has 0 unspecified atom stereocenters. The Morgan fingerprint density at radius 1 is 1.21 bits per heavy atom. The fraction of sp³-hybridized carbons (Fsp3) is 0.526. The van der Waals surface area contributed by atoms with Gasteiger partial charge in [0.2, 0.25) is 0 Å². The third-order valence-corrected chi connectivity index (χ3v) is 7.12. The molecule has 1 atom stereocenters. The van der Waals surface area contributed by atoms with Gasteiger partial charge in [-0.1, -0.05) is 19.1 Å². The predicted octanol–water partition coefficient (Wildman–Crippen LogP) is 1.21. The summed E-state index contributed by atoms with van der Waals surface area (Å²) in [5.74, 6) is -0.760. The zero-order valence-electron chi connectivity index (χ0n) is 16.0. The normalized spacial score (nSPS) is 21.4. The van der Waals surface area contributed by atoms with E-state index in [9.17, 15) is 22.8 Å². The first-order valence-corrected chi connectivity index (χ1v) is 11.2. The number of hydrogen-bond donors (Lipinski definition) is 2. The molecule has 0 radical (unpaired) electrons. The first kappa shape index (κ1) is 20.3. The Labute approximate surface area is 164 Å². The van der Waals surface area contributed by atoms with Gasteiger partial charge in [0, 0.05) is 11.6 Å². The van der Waals surface area contributed by atoms with Gasteiger partial charge in [0.15, 0.2) is 9.84 Å². The van der Waals surface area contributed by atoms with Crippen LogP contribution < -0.4 is 10.6 Å². The lowest BCUT2D eigenvalue weighted by Crippen LogP contribution is -2.52. The number of hydrogen-bond acceptors (Lipinski definition) is 5. The highest BCUT2D eigenvalue weighted by Gasteiger charge is 2.53. The summed E-state index contributed by atoms with van der Waals surface area (Å²) in [6.07, 6.45) is 1.04. The molecule has 1 aromatic rings. The van der Waals surface area contributed by atoms with Gasteiger partial charge in [-0.2, -0.15) is 0 Å². The van der Waals surface area contributed by atoms with Crippen LogP contribution in [0.3, 0.4) is 0 Å². The van der Waals surface area contributed by atoms with Crippen molar-refractivity contribution in [2.45, 2.75) is 51.2 Å². The zero-order valence-corrected chi connectivity index (χ0v) is 16.8. The largest absolute Gasteiger partial charge is 0.350 e. The third-order valence-electron chi connectivity index (χ3n) is 5.47. The van der Waals surface area contributed by atoms with Gasteiger partial charge >= 0.3 is 6.03 Å². The van der Waals surface area contributed by atoms with Gasteiger partial charge in [-0.3, -0.25) is 14.5 Å². The summed E-state index contributed by atoms with van der Waals surface area (Å²) in [6, 6.07) is 6.31. The minimum Gasteiger partial charge on any atom is -0.350 e. The maximum Gasteiger partial charge on any atom is 0.325 e. The number of nitrogens with zero attached hydrogens (tertiary/aromatic N) is 1. The van der Waals surface area contributed by atoms with Gasteiger partial charge in [-0.15, -0.1) is 0 Å². The Morgan fingerprint density at radius 2 is 1.82 bits per heavy atom. The van der Waals surface area contributed by atoms with Crippen molar-refractivity contribution in [1.29, 1.82) is 0 Å². The minimum atomic E-state index is -3.15. The van der Waals surface area contributed by atoms with Crippen LogP contribution in [0.2, 0.25) is 0 Å². The Hall–Kier alpha value is -2.42. The third kappa shape index (κ3) is 4.04. The number of urea groups is 1. The van der Waals surface area contributed by atoms with E-state index in [4.69, 9.17) is 0 Å². The Morgan fingerprint density at radius 3 is 2.39 bits per heavy atom. The van der Waals surface area contributed by atoms with Crippen molar-refractivity contribution in [3.05, 3.63) is 35.4 Å². The van der Waals surface area contributed by atoms with E-state index in [1.807, 2.05) is 13.8 Å². The van der Waals surface area contributed by atoms with E-state index < -0.39 is 21.4 Å². The molecule has 1 aromatic carbocycles. The average Bonchev–Trinajstić information content (AvgIpc) is 2.89. The lowest BCUT2D eigenvalue weighted by molar-refractivity contribution is -0.132. The lowest BCUT2D eigenvalue weighted by atomic mass is 9.92. The van der Waals surface area contributed by atoms with Crippen molar-refractivity contribution in [3.8, 4) is 0 Å². The van der Waals surface area contributed by atoms with Crippen LogP contribution in [0.1, 0.15) is 49.0 Å². The van der Waals surface area contributed by atoms with Crippen LogP contribution in [-0.2, 0) is 21.2 Å². The summed E-state index contributed by atoms with van der Waals surface area (Å²) in [6.45, 7) is 3.99. The number of benzene rings is 1. The second-order valence-electron chi connectivity index (χ2n) is 7.54. The van der Waals surface area contributed by atoms with E-state index in [2.05, 4.69) is 10.6 Å². The van der Waals surface area contributed by atoms with E-state index in [0.29, 0.717) is 11.1 Å². The fourth-order valence-electron chi connectivity index (χ4n) is 3.40.